The van der Waals surface area contributed by atoms with Crippen LogP contribution in [0.3, 0.4) is 0 Å². The molecule has 1 saturated carbocycles. The van der Waals surface area contributed by atoms with E-state index >= 15 is 0 Å². The second kappa shape index (κ2) is 8.87. The Morgan fingerprint density at radius 1 is 1.23 bits per heavy atom. The van der Waals surface area contributed by atoms with E-state index in [1.807, 2.05) is 24.3 Å². The molecule has 144 valence electrons. The Hall–Kier alpha value is -1.59. The molecule has 0 spiro atoms. The van der Waals surface area contributed by atoms with Crippen LogP contribution in [0.5, 0.6) is 5.75 Å². The minimum absolute atomic E-state index is 0.146. The van der Waals surface area contributed by atoms with Gasteiger partial charge in [0.2, 0.25) is 0 Å². The third-order valence-electron chi connectivity index (χ3n) is 5.75. The summed E-state index contributed by atoms with van der Waals surface area (Å²) in [7, 11) is 1.64. The molecule has 26 heavy (non-hydrogen) atoms. The zero-order valence-corrected chi connectivity index (χ0v) is 15.9. The molecule has 0 aromatic heterocycles. The third kappa shape index (κ3) is 4.77. The fourth-order valence-corrected chi connectivity index (χ4v) is 4.17. The first-order valence-corrected chi connectivity index (χ1v) is 9.99. The highest BCUT2D eigenvalue weighted by Gasteiger charge is 2.42. The van der Waals surface area contributed by atoms with E-state index in [-0.39, 0.29) is 5.91 Å². The molecule has 5 nitrogen and oxygen atoms in total. The number of methoxy groups -OCH3 is 1. The number of rotatable bonds is 6. The Kier molecular flexibility index (Phi) is 6.54. The lowest BCUT2D eigenvalue weighted by Crippen LogP contribution is -2.58. The lowest BCUT2D eigenvalue weighted by molar-refractivity contribution is -0.157. The molecule has 3 rings (SSSR count). The number of piperidine rings is 1. The van der Waals surface area contributed by atoms with E-state index in [1.165, 1.54) is 25.7 Å². The number of aliphatic hydroxyl groups is 1. The van der Waals surface area contributed by atoms with Crippen molar-refractivity contribution in [2.75, 3.05) is 20.2 Å². The maximum Gasteiger partial charge on any atom is 0.256 e. The van der Waals surface area contributed by atoms with Gasteiger partial charge in [-0.25, -0.2) is 0 Å². The van der Waals surface area contributed by atoms with Gasteiger partial charge >= 0.3 is 0 Å². The Balaban J connectivity index is 1.60. The topological polar surface area (TPSA) is 61.8 Å². The van der Waals surface area contributed by atoms with Gasteiger partial charge in [-0.3, -0.25) is 4.79 Å². The summed E-state index contributed by atoms with van der Waals surface area (Å²) >= 11 is 0. The van der Waals surface area contributed by atoms with E-state index < -0.39 is 5.60 Å². The van der Waals surface area contributed by atoms with Crippen molar-refractivity contribution < 1.29 is 14.6 Å². The van der Waals surface area contributed by atoms with Crippen molar-refractivity contribution in [3.63, 3.8) is 0 Å². The number of nitrogens with zero attached hydrogens (tertiary/aromatic N) is 1. The number of hydrogen-bond donors (Lipinski definition) is 2. The van der Waals surface area contributed by atoms with Gasteiger partial charge in [0.25, 0.3) is 5.91 Å². The number of benzene rings is 1. The van der Waals surface area contributed by atoms with Crippen LogP contribution in [0.2, 0.25) is 0 Å². The minimum Gasteiger partial charge on any atom is -0.497 e. The van der Waals surface area contributed by atoms with E-state index in [0.29, 0.717) is 32.1 Å². The first-order chi connectivity index (χ1) is 12.6. The molecule has 0 bridgehead atoms. The largest absolute Gasteiger partial charge is 0.497 e. The molecule has 0 radical (unpaired) electrons. The summed E-state index contributed by atoms with van der Waals surface area (Å²) in [4.78, 5) is 14.7. The van der Waals surface area contributed by atoms with Gasteiger partial charge in [-0.1, -0.05) is 37.8 Å². The highest BCUT2D eigenvalue weighted by molar-refractivity contribution is 5.86. The van der Waals surface area contributed by atoms with Gasteiger partial charge in [0, 0.05) is 25.7 Å². The predicted molar refractivity (Wildman–Crippen MR) is 102 cm³/mol. The van der Waals surface area contributed by atoms with Crippen molar-refractivity contribution in [1.82, 2.24) is 10.2 Å². The van der Waals surface area contributed by atoms with Gasteiger partial charge in [-0.15, -0.1) is 0 Å². The predicted octanol–water partition coefficient (Wildman–Crippen LogP) is 2.86. The van der Waals surface area contributed by atoms with Crippen LogP contribution < -0.4 is 10.1 Å². The van der Waals surface area contributed by atoms with Crippen molar-refractivity contribution in [2.45, 2.75) is 69.6 Å². The summed E-state index contributed by atoms with van der Waals surface area (Å²) < 4.78 is 5.26. The first-order valence-electron chi connectivity index (χ1n) is 9.99. The van der Waals surface area contributed by atoms with Crippen LogP contribution in [0.15, 0.2) is 24.3 Å². The Morgan fingerprint density at radius 3 is 2.73 bits per heavy atom. The average molecular weight is 360 g/mol. The van der Waals surface area contributed by atoms with Crippen LogP contribution in [0, 0.1) is 0 Å². The standard InChI is InChI=1S/C21H32N2O3/c1-26-19-11-6-8-17(14-19)15-23-13-7-12-21(25,20(23)24)16-22-18-9-4-2-3-5-10-18/h6,8,11,14,18,22,25H,2-5,7,9-10,12-13,15-16H2,1H3/t21-/m0/s1. The monoisotopic (exact) mass is 360 g/mol. The van der Waals surface area contributed by atoms with Gasteiger partial charge in [-0.2, -0.15) is 0 Å². The van der Waals surface area contributed by atoms with E-state index in [1.54, 1.807) is 12.0 Å². The summed E-state index contributed by atoms with van der Waals surface area (Å²) in [6.07, 6.45) is 8.76. The lowest BCUT2D eigenvalue weighted by atomic mass is 9.90. The van der Waals surface area contributed by atoms with Gasteiger partial charge in [0.05, 0.1) is 7.11 Å². The molecule has 1 amide bonds. The second-order valence-corrected chi connectivity index (χ2v) is 7.78. The van der Waals surface area contributed by atoms with Gasteiger partial charge in [0.1, 0.15) is 5.75 Å². The molecule has 2 fully saturated rings. The maximum absolute atomic E-state index is 13.0. The summed E-state index contributed by atoms with van der Waals surface area (Å²) in [6.45, 7) is 1.58. The molecule has 0 unspecified atom stereocenters. The average Bonchev–Trinajstić information content (AvgIpc) is 2.93. The van der Waals surface area contributed by atoms with E-state index in [2.05, 4.69) is 5.32 Å². The zero-order chi connectivity index (χ0) is 18.4. The number of amides is 1. The SMILES string of the molecule is COc1cccc(CN2CCC[C@](O)(CNC3CCCCCC3)C2=O)c1. The normalized spacial score (nSPS) is 25.2. The zero-order valence-electron chi connectivity index (χ0n) is 15.9. The van der Waals surface area contributed by atoms with Gasteiger partial charge in [0.15, 0.2) is 5.60 Å². The first kappa shape index (κ1) is 19.2. The van der Waals surface area contributed by atoms with Crippen LogP contribution in [-0.4, -0.2) is 47.8 Å². The Labute approximate surface area is 156 Å². The summed E-state index contributed by atoms with van der Waals surface area (Å²) in [5.41, 5.74) is -0.248. The summed E-state index contributed by atoms with van der Waals surface area (Å²) in [5, 5.41) is 14.5. The fraction of sp³-hybridized carbons (Fsp3) is 0.667. The molecular weight excluding hydrogens is 328 g/mol. The lowest BCUT2D eigenvalue weighted by Gasteiger charge is -2.39. The Morgan fingerprint density at radius 2 is 2.00 bits per heavy atom. The summed E-state index contributed by atoms with van der Waals surface area (Å²) in [5.74, 6) is 0.643. The van der Waals surface area contributed by atoms with Crippen LogP contribution in [-0.2, 0) is 11.3 Å². The number of carbonyl (C=O) groups is 1. The smallest absolute Gasteiger partial charge is 0.256 e. The highest BCUT2D eigenvalue weighted by atomic mass is 16.5. The minimum atomic E-state index is -1.27. The molecule has 5 heteroatoms. The number of likely N-dealkylation sites (tertiary alicyclic amines) is 1. The van der Waals surface area contributed by atoms with E-state index in [0.717, 1.165) is 30.6 Å². The number of nitrogens with one attached hydrogen (secondary N) is 1. The van der Waals surface area contributed by atoms with E-state index in [4.69, 9.17) is 4.74 Å². The maximum atomic E-state index is 13.0. The molecule has 1 aliphatic carbocycles. The molecule has 1 aliphatic heterocycles. The number of hydrogen-bond acceptors (Lipinski definition) is 4. The summed E-state index contributed by atoms with van der Waals surface area (Å²) in [6, 6.07) is 8.21. The van der Waals surface area contributed by atoms with E-state index in [9.17, 15) is 9.90 Å². The van der Waals surface area contributed by atoms with Crippen LogP contribution in [0.4, 0.5) is 0 Å². The molecule has 1 heterocycles. The van der Waals surface area contributed by atoms with Crippen LogP contribution >= 0.6 is 0 Å². The van der Waals surface area contributed by atoms with Crippen molar-refractivity contribution in [3.05, 3.63) is 29.8 Å². The van der Waals surface area contributed by atoms with Crippen LogP contribution in [0.1, 0.15) is 56.9 Å². The molecule has 1 aromatic carbocycles. The molecule has 1 atom stereocenters. The number of ether oxygens (including phenoxy) is 1. The molecule has 2 N–H and O–H groups in total. The molecular formula is C21H32N2O3. The van der Waals surface area contributed by atoms with Crippen molar-refractivity contribution in [2.24, 2.45) is 0 Å². The van der Waals surface area contributed by atoms with Crippen molar-refractivity contribution >= 4 is 5.91 Å². The number of carbonyl (C=O) groups excluding carboxylic acids is 1. The fourth-order valence-electron chi connectivity index (χ4n) is 4.17. The van der Waals surface area contributed by atoms with Crippen LogP contribution in [0.25, 0.3) is 0 Å². The quantitative estimate of drug-likeness (QED) is 0.766. The highest BCUT2D eigenvalue weighted by Crippen LogP contribution is 2.26. The van der Waals surface area contributed by atoms with Gasteiger partial charge in [-0.05, 0) is 43.4 Å². The van der Waals surface area contributed by atoms with Gasteiger partial charge < -0.3 is 20.1 Å². The molecule has 1 saturated heterocycles. The van der Waals surface area contributed by atoms with Crippen molar-refractivity contribution in [3.8, 4) is 5.75 Å². The third-order valence-corrected chi connectivity index (χ3v) is 5.75. The molecule has 2 aliphatic rings. The Bertz CT molecular complexity index is 599. The second-order valence-electron chi connectivity index (χ2n) is 7.78. The molecule has 1 aromatic rings. The van der Waals surface area contributed by atoms with Crippen molar-refractivity contribution in [1.29, 1.82) is 0 Å².